The summed E-state index contributed by atoms with van der Waals surface area (Å²) < 4.78 is 12.8. The summed E-state index contributed by atoms with van der Waals surface area (Å²) in [5, 5.41) is 4.93. The molecule has 1 aromatic carbocycles. The highest BCUT2D eigenvalue weighted by Gasteiger charge is 2.21. The fourth-order valence-corrected chi connectivity index (χ4v) is 2.37. The van der Waals surface area contributed by atoms with Gasteiger partial charge in [-0.2, -0.15) is 5.10 Å². The van der Waals surface area contributed by atoms with E-state index in [0.717, 1.165) is 16.8 Å². The molecule has 2 heterocycles. The Morgan fingerprint density at radius 3 is 2.74 bits per heavy atom. The van der Waals surface area contributed by atoms with Crippen LogP contribution in [0.5, 0.6) is 11.5 Å². The molecule has 6 heteroatoms. The number of nitrogen functional groups attached to an aromatic ring is 1. The van der Waals surface area contributed by atoms with Crippen molar-refractivity contribution in [2.45, 2.75) is 6.92 Å². The third-order valence-corrected chi connectivity index (χ3v) is 3.67. The lowest BCUT2D eigenvalue weighted by molar-refractivity contribution is 0.171. The molecule has 1 aliphatic rings. The average molecular weight is 280 g/mol. The van der Waals surface area contributed by atoms with Gasteiger partial charge in [-0.15, -0.1) is 0 Å². The molecule has 0 aliphatic carbocycles. The molecule has 0 atom stereocenters. The molecule has 1 aromatic heterocycles. The second kappa shape index (κ2) is 4.35. The van der Waals surface area contributed by atoms with E-state index in [1.807, 2.05) is 19.1 Å². The molecule has 100 valence electrons. The lowest BCUT2D eigenvalue weighted by Crippen LogP contribution is -2.16. The Bertz CT molecular complexity index is 632. The molecule has 5 nitrogen and oxygen atoms in total. The third kappa shape index (κ3) is 1.90. The normalized spacial score (nSPS) is 13.6. The van der Waals surface area contributed by atoms with E-state index >= 15 is 0 Å². The van der Waals surface area contributed by atoms with Crippen molar-refractivity contribution in [1.82, 2.24) is 9.78 Å². The molecule has 0 saturated carbocycles. The Hall–Kier alpha value is -1.88. The van der Waals surface area contributed by atoms with Crippen LogP contribution in [0.3, 0.4) is 0 Å². The summed E-state index contributed by atoms with van der Waals surface area (Å²) in [6.07, 6.45) is 0. The zero-order chi connectivity index (χ0) is 13.6. The zero-order valence-electron chi connectivity index (χ0n) is 10.7. The van der Waals surface area contributed by atoms with Crippen LogP contribution in [-0.4, -0.2) is 23.0 Å². The largest absolute Gasteiger partial charge is 0.486 e. The maximum atomic E-state index is 6.34. The first-order chi connectivity index (χ1) is 9.08. The van der Waals surface area contributed by atoms with E-state index < -0.39 is 0 Å². The van der Waals surface area contributed by atoms with E-state index in [9.17, 15) is 0 Å². The Morgan fingerprint density at radius 1 is 1.32 bits per heavy atom. The second-order valence-corrected chi connectivity index (χ2v) is 4.84. The summed E-state index contributed by atoms with van der Waals surface area (Å²) in [4.78, 5) is 0. The molecule has 0 spiro atoms. The molecule has 3 rings (SSSR count). The lowest BCUT2D eigenvalue weighted by atomic mass is 10.0. The number of fused-ring (bicyclic) bond motifs is 1. The second-order valence-electron chi connectivity index (χ2n) is 4.47. The standard InChI is InChI=1S/C13H14ClN3O2/c1-7-8(9-6-11(15)17(2)16-9)5-10-13(12(7)14)19-4-3-18-10/h5-6H,3-4,15H2,1-2H3. The van der Waals surface area contributed by atoms with E-state index in [2.05, 4.69) is 5.10 Å². The van der Waals surface area contributed by atoms with Gasteiger partial charge in [-0.3, -0.25) is 4.68 Å². The van der Waals surface area contributed by atoms with Crippen molar-refractivity contribution in [2.75, 3.05) is 18.9 Å². The molecular weight excluding hydrogens is 266 g/mol. The minimum atomic E-state index is 0.516. The molecule has 0 unspecified atom stereocenters. The number of benzene rings is 1. The van der Waals surface area contributed by atoms with Crippen LogP contribution in [0.25, 0.3) is 11.3 Å². The van der Waals surface area contributed by atoms with Gasteiger partial charge in [0.2, 0.25) is 0 Å². The van der Waals surface area contributed by atoms with Crippen LogP contribution in [0.15, 0.2) is 12.1 Å². The third-order valence-electron chi connectivity index (χ3n) is 3.21. The molecule has 0 radical (unpaired) electrons. The van der Waals surface area contributed by atoms with Gasteiger partial charge in [-0.25, -0.2) is 0 Å². The number of nitrogens with zero attached hydrogens (tertiary/aromatic N) is 2. The van der Waals surface area contributed by atoms with Crippen molar-refractivity contribution in [3.05, 3.63) is 22.7 Å². The van der Waals surface area contributed by atoms with Gasteiger partial charge < -0.3 is 15.2 Å². The molecule has 2 N–H and O–H groups in total. The number of aromatic nitrogens is 2. The van der Waals surface area contributed by atoms with Crippen molar-refractivity contribution in [3.63, 3.8) is 0 Å². The van der Waals surface area contributed by atoms with Crippen LogP contribution in [0, 0.1) is 6.92 Å². The van der Waals surface area contributed by atoms with Crippen molar-refractivity contribution in [1.29, 1.82) is 0 Å². The summed E-state index contributed by atoms with van der Waals surface area (Å²) in [6, 6.07) is 3.71. The van der Waals surface area contributed by atoms with Gasteiger partial charge in [0, 0.05) is 18.7 Å². The van der Waals surface area contributed by atoms with Crippen molar-refractivity contribution in [3.8, 4) is 22.8 Å². The Labute approximate surface area is 115 Å². The van der Waals surface area contributed by atoms with E-state index in [4.69, 9.17) is 26.8 Å². The number of nitrogens with two attached hydrogens (primary N) is 1. The quantitative estimate of drug-likeness (QED) is 0.871. The summed E-state index contributed by atoms with van der Waals surface area (Å²) in [5.41, 5.74) is 8.40. The minimum Gasteiger partial charge on any atom is -0.486 e. The number of anilines is 1. The SMILES string of the molecule is Cc1c(-c2cc(N)n(C)n2)cc2c(c1Cl)OCCO2. The van der Waals surface area contributed by atoms with Crippen molar-refractivity contribution >= 4 is 17.4 Å². The number of rotatable bonds is 1. The van der Waals surface area contributed by atoms with Crippen molar-refractivity contribution in [2.24, 2.45) is 7.05 Å². The maximum Gasteiger partial charge on any atom is 0.180 e. The van der Waals surface area contributed by atoms with Gasteiger partial charge in [0.1, 0.15) is 19.0 Å². The zero-order valence-corrected chi connectivity index (χ0v) is 11.5. The van der Waals surface area contributed by atoms with Gasteiger partial charge in [0.25, 0.3) is 0 Å². The summed E-state index contributed by atoms with van der Waals surface area (Å²) in [7, 11) is 1.80. The van der Waals surface area contributed by atoms with E-state index in [0.29, 0.717) is 35.6 Å². The van der Waals surface area contributed by atoms with Crippen LogP contribution >= 0.6 is 11.6 Å². The molecule has 2 aromatic rings. The molecule has 0 bridgehead atoms. The molecule has 0 fully saturated rings. The van der Waals surface area contributed by atoms with Crippen LogP contribution in [0.2, 0.25) is 5.02 Å². The first kappa shape index (κ1) is 12.2. The summed E-state index contributed by atoms with van der Waals surface area (Å²) in [6.45, 7) is 2.97. The van der Waals surface area contributed by atoms with Crippen LogP contribution in [0.4, 0.5) is 5.82 Å². The summed E-state index contributed by atoms with van der Waals surface area (Å²) in [5.74, 6) is 1.86. The molecule has 0 amide bonds. The first-order valence-corrected chi connectivity index (χ1v) is 6.34. The topological polar surface area (TPSA) is 62.3 Å². The van der Waals surface area contributed by atoms with Gasteiger partial charge in [-0.05, 0) is 18.6 Å². The minimum absolute atomic E-state index is 0.516. The highest BCUT2D eigenvalue weighted by molar-refractivity contribution is 6.33. The van der Waals surface area contributed by atoms with Gasteiger partial charge in [-0.1, -0.05) is 11.6 Å². The maximum absolute atomic E-state index is 6.34. The number of aryl methyl sites for hydroxylation is 1. The number of halogens is 1. The highest BCUT2D eigenvalue weighted by Crippen LogP contribution is 2.44. The lowest BCUT2D eigenvalue weighted by Gasteiger charge is -2.21. The smallest absolute Gasteiger partial charge is 0.180 e. The Balaban J connectivity index is 2.19. The highest BCUT2D eigenvalue weighted by atomic mass is 35.5. The first-order valence-electron chi connectivity index (χ1n) is 5.96. The van der Waals surface area contributed by atoms with E-state index in [1.165, 1.54) is 0 Å². The van der Waals surface area contributed by atoms with Crippen LogP contribution < -0.4 is 15.2 Å². The fraction of sp³-hybridized carbons (Fsp3) is 0.308. The predicted molar refractivity (Wildman–Crippen MR) is 73.8 cm³/mol. The Kier molecular flexibility index (Phi) is 2.78. The van der Waals surface area contributed by atoms with E-state index in [1.54, 1.807) is 11.7 Å². The van der Waals surface area contributed by atoms with Crippen LogP contribution in [0.1, 0.15) is 5.56 Å². The number of ether oxygens (including phenoxy) is 2. The monoisotopic (exact) mass is 279 g/mol. The van der Waals surface area contributed by atoms with E-state index in [-0.39, 0.29) is 0 Å². The molecule has 0 saturated heterocycles. The van der Waals surface area contributed by atoms with Crippen molar-refractivity contribution < 1.29 is 9.47 Å². The molecular formula is C13H14ClN3O2. The predicted octanol–water partition coefficient (Wildman–Crippen LogP) is 2.40. The average Bonchev–Trinajstić information content (AvgIpc) is 2.74. The number of hydrogen-bond acceptors (Lipinski definition) is 4. The van der Waals surface area contributed by atoms with Crippen LogP contribution in [-0.2, 0) is 7.05 Å². The fourth-order valence-electron chi connectivity index (χ4n) is 2.12. The molecule has 1 aliphatic heterocycles. The Morgan fingerprint density at radius 2 is 2.05 bits per heavy atom. The van der Waals surface area contributed by atoms with Gasteiger partial charge in [0.05, 0.1) is 10.7 Å². The van der Waals surface area contributed by atoms with Gasteiger partial charge >= 0.3 is 0 Å². The number of hydrogen-bond donors (Lipinski definition) is 1. The van der Waals surface area contributed by atoms with Gasteiger partial charge in [0.15, 0.2) is 11.5 Å². The molecule has 19 heavy (non-hydrogen) atoms. The summed E-state index contributed by atoms with van der Waals surface area (Å²) >= 11 is 6.34.